The van der Waals surface area contributed by atoms with Crippen LogP contribution in [-0.4, -0.2) is 28.3 Å². The van der Waals surface area contributed by atoms with Gasteiger partial charge in [0.05, 0.1) is 0 Å². The zero-order valence-corrected chi connectivity index (χ0v) is 17.0. The van der Waals surface area contributed by atoms with Gasteiger partial charge in [0.1, 0.15) is 11.2 Å². The molecule has 0 saturated carbocycles. The van der Waals surface area contributed by atoms with Gasteiger partial charge in [0.2, 0.25) is 6.17 Å². The van der Waals surface area contributed by atoms with Crippen molar-refractivity contribution in [1.29, 1.82) is 0 Å². The minimum absolute atomic E-state index is 0.387. The van der Waals surface area contributed by atoms with Crippen molar-refractivity contribution in [2.45, 2.75) is 72.3 Å². The zero-order chi connectivity index (χ0) is 21.0. The number of aryl methyl sites for hydroxylation is 1. The SMILES string of the molecule is CCc1cc(N)ccc1C(N=O)N(C(=O)OC(C)(C)C)C(=O)OC(C)(C)C. The average molecular weight is 379 g/mol. The van der Waals surface area contributed by atoms with E-state index in [2.05, 4.69) is 5.18 Å². The molecule has 0 heterocycles. The highest BCUT2D eigenvalue weighted by Crippen LogP contribution is 2.30. The normalized spacial score (nSPS) is 12.9. The second-order valence-electron chi connectivity index (χ2n) is 8.12. The second kappa shape index (κ2) is 8.37. The Hall–Kier alpha value is -2.64. The van der Waals surface area contributed by atoms with E-state index in [1.807, 2.05) is 6.92 Å². The molecule has 0 saturated heterocycles. The summed E-state index contributed by atoms with van der Waals surface area (Å²) < 4.78 is 10.6. The molecule has 2 amide bonds. The first kappa shape index (κ1) is 22.4. The first-order valence-electron chi connectivity index (χ1n) is 8.75. The summed E-state index contributed by atoms with van der Waals surface area (Å²) in [5.41, 5.74) is 5.63. The third kappa shape index (κ3) is 6.54. The smallest absolute Gasteiger partial charge is 0.422 e. The number of hydrogen-bond acceptors (Lipinski definition) is 7. The molecular weight excluding hydrogens is 350 g/mol. The van der Waals surface area contributed by atoms with Crippen molar-refractivity contribution in [3.63, 3.8) is 0 Å². The fraction of sp³-hybridized carbons (Fsp3) is 0.579. The number of nitroso groups, excluding NO2 is 1. The standard InChI is InChI=1S/C19H29N3O5/c1-8-12-11-13(20)9-10-14(12)15(21-25)22(16(23)26-18(2,3)4)17(24)27-19(5,6)7/h9-11,15H,8,20H2,1-7H3. The quantitative estimate of drug-likeness (QED) is 0.596. The van der Waals surface area contributed by atoms with Crippen molar-refractivity contribution in [3.8, 4) is 0 Å². The van der Waals surface area contributed by atoms with Crippen LogP contribution in [0.25, 0.3) is 0 Å². The van der Waals surface area contributed by atoms with Gasteiger partial charge in [-0.05, 0) is 70.8 Å². The summed E-state index contributed by atoms with van der Waals surface area (Å²) in [5.74, 6) is 0. The Labute approximate surface area is 160 Å². The Morgan fingerprint density at radius 2 is 1.56 bits per heavy atom. The Balaban J connectivity index is 3.43. The molecule has 2 N–H and O–H groups in total. The van der Waals surface area contributed by atoms with Crippen molar-refractivity contribution in [3.05, 3.63) is 34.2 Å². The highest BCUT2D eigenvalue weighted by molar-refractivity contribution is 5.89. The molecule has 8 nitrogen and oxygen atoms in total. The van der Waals surface area contributed by atoms with Gasteiger partial charge in [-0.25, -0.2) is 9.59 Å². The number of benzene rings is 1. The predicted octanol–water partition coefficient (Wildman–Crippen LogP) is 4.77. The van der Waals surface area contributed by atoms with E-state index in [1.165, 1.54) is 0 Å². The number of imide groups is 1. The van der Waals surface area contributed by atoms with Crippen LogP contribution in [0.4, 0.5) is 15.3 Å². The molecule has 0 spiro atoms. The number of nitrogens with two attached hydrogens (primary N) is 1. The minimum Gasteiger partial charge on any atom is -0.443 e. The van der Waals surface area contributed by atoms with Crippen LogP contribution < -0.4 is 5.73 Å². The Morgan fingerprint density at radius 1 is 1.07 bits per heavy atom. The molecule has 1 aromatic rings. The number of nitrogens with zero attached hydrogens (tertiary/aromatic N) is 2. The van der Waals surface area contributed by atoms with Gasteiger partial charge in [-0.3, -0.25) is 0 Å². The fourth-order valence-corrected chi connectivity index (χ4v) is 2.32. The number of nitrogen functional groups attached to an aromatic ring is 1. The Morgan fingerprint density at radius 3 is 1.93 bits per heavy atom. The number of rotatable bonds is 4. The molecule has 0 aliphatic heterocycles. The van der Waals surface area contributed by atoms with Crippen LogP contribution in [0.5, 0.6) is 0 Å². The topological polar surface area (TPSA) is 111 Å². The maximum atomic E-state index is 12.7. The number of carbonyl (C=O) groups is 2. The summed E-state index contributed by atoms with van der Waals surface area (Å²) in [6.45, 7) is 11.8. The van der Waals surface area contributed by atoms with Crippen molar-refractivity contribution in [2.75, 3.05) is 5.73 Å². The summed E-state index contributed by atoms with van der Waals surface area (Å²) in [7, 11) is 0. The molecule has 0 aliphatic carbocycles. The Kier molecular flexibility index (Phi) is 6.94. The maximum absolute atomic E-state index is 12.7. The lowest BCUT2D eigenvalue weighted by Gasteiger charge is -2.31. The van der Waals surface area contributed by atoms with Gasteiger partial charge in [0.25, 0.3) is 0 Å². The largest absolute Gasteiger partial charge is 0.443 e. The second-order valence-corrected chi connectivity index (χ2v) is 8.12. The van der Waals surface area contributed by atoms with Gasteiger partial charge in [-0.2, -0.15) is 4.90 Å². The highest BCUT2D eigenvalue weighted by atomic mass is 16.6. The fourth-order valence-electron chi connectivity index (χ4n) is 2.32. The van der Waals surface area contributed by atoms with E-state index in [0.29, 0.717) is 28.1 Å². The number of carbonyl (C=O) groups excluding carboxylic acids is 2. The molecular formula is C19H29N3O5. The predicted molar refractivity (Wildman–Crippen MR) is 103 cm³/mol. The molecule has 8 heteroatoms. The third-order valence-electron chi connectivity index (χ3n) is 3.35. The average Bonchev–Trinajstić information content (AvgIpc) is 2.48. The van der Waals surface area contributed by atoms with Crippen LogP contribution in [-0.2, 0) is 15.9 Å². The summed E-state index contributed by atoms with van der Waals surface area (Å²) in [6, 6.07) is 4.83. The van der Waals surface area contributed by atoms with E-state index in [4.69, 9.17) is 15.2 Å². The lowest BCUT2D eigenvalue weighted by atomic mass is 10.0. The van der Waals surface area contributed by atoms with E-state index >= 15 is 0 Å². The van der Waals surface area contributed by atoms with E-state index in [1.54, 1.807) is 59.7 Å². The van der Waals surface area contributed by atoms with Gasteiger partial charge in [0.15, 0.2) is 0 Å². The van der Waals surface area contributed by atoms with Gasteiger partial charge in [-0.15, -0.1) is 4.91 Å². The van der Waals surface area contributed by atoms with E-state index in [0.717, 1.165) is 0 Å². The minimum atomic E-state index is -1.44. The summed E-state index contributed by atoms with van der Waals surface area (Å²) in [4.78, 5) is 37.7. The van der Waals surface area contributed by atoms with Crippen molar-refractivity contribution in [1.82, 2.24) is 4.90 Å². The maximum Gasteiger partial charge on any atom is 0.422 e. The number of amides is 2. The number of anilines is 1. The molecule has 0 fully saturated rings. The van der Waals surface area contributed by atoms with Crippen LogP contribution >= 0.6 is 0 Å². The summed E-state index contributed by atoms with van der Waals surface area (Å²) in [5, 5.41) is 3.03. The first-order chi connectivity index (χ1) is 12.3. The number of hydrogen-bond donors (Lipinski definition) is 1. The molecule has 150 valence electrons. The van der Waals surface area contributed by atoms with Crippen LogP contribution in [0.15, 0.2) is 23.4 Å². The molecule has 0 radical (unpaired) electrons. The van der Waals surface area contributed by atoms with Crippen LogP contribution in [0, 0.1) is 4.91 Å². The summed E-state index contributed by atoms with van der Waals surface area (Å²) in [6.07, 6.45) is -2.94. The highest BCUT2D eigenvalue weighted by Gasteiger charge is 2.39. The molecule has 0 bridgehead atoms. The lowest BCUT2D eigenvalue weighted by Crippen LogP contribution is -2.45. The molecule has 0 aromatic heterocycles. The molecule has 1 atom stereocenters. The molecule has 0 aliphatic rings. The molecule has 1 rings (SSSR count). The van der Waals surface area contributed by atoms with E-state index in [-0.39, 0.29) is 0 Å². The Bertz CT molecular complexity index is 676. The third-order valence-corrected chi connectivity index (χ3v) is 3.35. The monoisotopic (exact) mass is 379 g/mol. The summed E-state index contributed by atoms with van der Waals surface area (Å²) >= 11 is 0. The molecule has 1 unspecified atom stereocenters. The van der Waals surface area contributed by atoms with Crippen molar-refractivity contribution in [2.24, 2.45) is 5.18 Å². The van der Waals surface area contributed by atoms with Crippen molar-refractivity contribution >= 4 is 17.9 Å². The number of ether oxygens (including phenoxy) is 2. The van der Waals surface area contributed by atoms with Gasteiger partial charge >= 0.3 is 12.2 Å². The van der Waals surface area contributed by atoms with Crippen LogP contribution in [0.3, 0.4) is 0 Å². The molecule has 1 aromatic carbocycles. The van der Waals surface area contributed by atoms with Gasteiger partial charge in [0, 0.05) is 11.3 Å². The van der Waals surface area contributed by atoms with Crippen LogP contribution in [0.1, 0.15) is 65.8 Å². The first-order valence-corrected chi connectivity index (χ1v) is 8.75. The van der Waals surface area contributed by atoms with E-state index < -0.39 is 29.6 Å². The molecule has 27 heavy (non-hydrogen) atoms. The van der Waals surface area contributed by atoms with Crippen molar-refractivity contribution < 1.29 is 19.1 Å². The van der Waals surface area contributed by atoms with Gasteiger partial charge < -0.3 is 15.2 Å². The van der Waals surface area contributed by atoms with Crippen LogP contribution in [0.2, 0.25) is 0 Å². The van der Waals surface area contributed by atoms with E-state index in [9.17, 15) is 14.5 Å². The lowest BCUT2D eigenvalue weighted by molar-refractivity contribution is -0.00712. The zero-order valence-electron chi connectivity index (χ0n) is 17.0. The van der Waals surface area contributed by atoms with Gasteiger partial charge in [-0.1, -0.05) is 13.0 Å².